The van der Waals surface area contributed by atoms with Gasteiger partial charge in [0.1, 0.15) is 30.2 Å². The van der Waals surface area contributed by atoms with Crippen LogP contribution in [0.3, 0.4) is 0 Å². The zero-order valence-electron chi connectivity index (χ0n) is 16.1. The third-order valence-corrected chi connectivity index (χ3v) is 6.76. The molecule has 2 aromatic rings. The summed E-state index contributed by atoms with van der Waals surface area (Å²) in [6.07, 6.45) is -0.0951. The van der Waals surface area contributed by atoms with Gasteiger partial charge in [-0.25, -0.2) is 0 Å². The SMILES string of the molecule is O[C@@H]1[C@@H](O)[C@H](O)C2(CC2)O[C@H]1c1ccc(Cl)c(Cc2ccc3c(c2)CCCO3)c1. The number of hydrogen-bond acceptors (Lipinski definition) is 5. The van der Waals surface area contributed by atoms with Gasteiger partial charge in [-0.15, -0.1) is 0 Å². The zero-order chi connectivity index (χ0) is 20.2. The van der Waals surface area contributed by atoms with Gasteiger partial charge in [0.2, 0.25) is 0 Å². The Morgan fingerprint density at radius 2 is 1.86 bits per heavy atom. The summed E-state index contributed by atoms with van der Waals surface area (Å²) >= 11 is 6.47. The minimum absolute atomic E-state index is 0.648. The Bertz CT molecular complexity index is 925. The summed E-state index contributed by atoms with van der Waals surface area (Å²) in [4.78, 5) is 0. The van der Waals surface area contributed by atoms with Crippen LogP contribution in [0.1, 0.15) is 47.6 Å². The lowest BCUT2D eigenvalue weighted by Gasteiger charge is -2.41. The van der Waals surface area contributed by atoms with Crippen molar-refractivity contribution in [2.75, 3.05) is 6.61 Å². The molecule has 2 fully saturated rings. The van der Waals surface area contributed by atoms with Crippen molar-refractivity contribution in [2.24, 2.45) is 0 Å². The molecule has 1 saturated heterocycles. The normalized spacial score (nSPS) is 29.9. The second-order valence-corrected chi connectivity index (χ2v) is 8.86. The monoisotopic (exact) mass is 416 g/mol. The van der Waals surface area contributed by atoms with Gasteiger partial charge in [-0.3, -0.25) is 0 Å². The highest BCUT2D eigenvalue weighted by Gasteiger charge is 2.60. The Hall–Kier alpha value is -1.63. The van der Waals surface area contributed by atoms with Crippen LogP contribution in [0.5, 0.6) is 5.75 Å². The fourth-order valence-corrected chi connectivity index (χ4v) is 4.71. The van der Waals surface area contributed by atoms with Crippen LogP contribution < -0.4 is 4.74 Å². The van der Waals surface area contributed by atoms with E-state index in [-0.39, 0.29) is 0 Å². The van der Waals surface area contributed by atoms with Crippen LogP contribution in [-0.4, -0.2) is 45.8 Å². The van der Waals surface area contributed by atoms with E-state index in [1.54, 1.807) is 6.07 Å². The van der Waals surface area contributed by atoms with Crippen LogP contribution in [0.2, 0.25) is 5.02 Å². The van der Waals surface area contributed by atoms with E-state index >= 15 is 0 Å². The van der Waals surface area contributed by atoms with Gasteiger partial charge >= 0.3 is 0 Å². The molecule has 2 heterocycles. The van der Waals surface area contributed by atoms with Gasteiger partial charge in [-0.05, 0) is 66.5 Å². The number of hydrogen-bond donors (Lipinski definition) is 3. The molecule has 0 bridgehead atoms. The molecule has 6 heteroatoms. The maximum Gasteiger partial charge on any atom is 0.122 e. The van der Waals surface area contributed by atoms with E-state index in [0.717, 1.165) is 41.9 Å². The molecule has 4 atom stereocenters. The first-order chi connectivity index (χ1) is 14.0. The number of rotatable bonds is 3. The molecule has 1 aliphatic carbocycles. The van der Waals surface area contributed by atoms with Crippen molar-refractivity contribution < 1.29 is 24.8 Å². The Kier molecular flexibility index (Phi) is 4.84. The maximum atomic E-state index is 10.5. The number of aliphatic hydroxyl groups excluding tert-OH is 3. The molecular formula is C23H25ClO5. The van der Waals surface area contributed by atoms with Crippen LogP contribution in [0.25, 0.3) is 0 Å². The highest BCUT2D eigenvalue weighted by atomic mass is 35.5. The second-order valence-electron chi connectivity index (χ2n) is 8.45. The molecule has 3 aliphatic rings. The van der Waals surface area contributed by atoms with Crippen LogP contribution in [0, 0.1) is 0 Å². The van der Waals surface area contributed by atoms with Crippen molar-refractivity contribution >= 4 is 11.6 Å². The quantitative estimate of drug-likeness (QED) is 0.717. The highest BCUT2D eigenvalue weighted by molar-refractivity contribution is 6.31. The van der Waals surface area contributed by atoms with Gasteiger partial charge in [-0.2, -0.15) is 0 Å². The first kappa shape index (κ1) is 19.3. The number of fused-ring (bicyclic) bond motifs is 1. The maximum absolute atomic E-state index is 10.5. The van der Waals surface area contributed by atoms with Crippen molar-refractivity contribution in [2.45, 2.75) is 62.1 Å². The zero-order valence-corrected chi connectivity index (χ0v) is 16.8. The molecule has 2 aromatic carbocycles. The Morgan fingerprint density at radius 1 is 1.03 bits per heavy atom. The number of ether oxygens (including phenoxy) is 2. The Morgan fingerprint density at radius 3 is 2.66 bits per heavy atom. The molecule has 0 aromatic heterocycles. The number of halogens is 1. The van der Waals surface area contributed by atoms with E-state index in [0.29, 0.717) is 24.3 Å². The van der Waals surface area contributed by atoms with E-state index < -0.39 is 30.0 Å². The van der Waals surface area contributed by atoms with Gasteiger partial charge in [0.15, 0.2) is 0 Å². The Balaban J connectivity index is 1.42. The second kappa shape index (κ2) is 7.25. The van der Waals surface area contributed by atoms with Crippen molar-refractivity contribution in [3.05, 3.63) is 63.7 Å². The van der Waals surface area contributed by atoms with Gasteiger partial charge in [0.25, 0.3) is 0 Å². The summed E-state index contributed by atoms with van der Waals surface area (Å²) in [5.74, 6) is 0.959. The van der Waals surface area contributed by atoms with E-state index in [9.17, 15) is 15.3 Å². The van der Waals surface area contributed by atoms with Gasteiger partial charge in [0.05, 0.1) is 12.2 Å². The van der Waals surface area contributed by atoms with Gasteiger partial charge < -0.3 is 24.8 Å². The molecule has 1 spiro atoms. The minimum Gasteiger partial charge on any atom is -0.493 e. The molecule has 2 aliphatic heterocycles. The summed E-state index contributed by atoms with van der Waals surface area (Å²) in [6.45, 7) is 0.770. The van der Waals surface area contributed by atoms with Crippen molar-refractivity contribution in [1.82, 2.24) is 0 Å². The fraction of sp³-hybridized carbons (Fsp3) is 0.478. The van der Waals surface area contributed by atoms with Gasteiger partial charge in [-0.1, -0.05) is 35.9 Å². The molecule has 0 radical (unpaired) electrons. The Labute approximate surface area is 174 Å². The lowest BCUT2D eigenvalue weighted by Crippen LogP contribution is -2.55. The number of aliphatic hydroxyl groups is 3. The lowest BCUT2D eigenvalue weighted by atomic mass is 9.89. The first-order valence-electron chi connectivity index (χ1n) is 10.2. The van der Waals surface area contributed by atoms with E-state index in [1.807, 2.05) is 18.2 Å². The molecular weight excluding hydrogens is 392 g/mol. The summed E-state index contributed by atoms with van der Waals surface area (Å²) in [6, 6.07) is 11.8. The molecule has 154 valence electrons. The summed E-state index contributed by atoms with van der Waals surface area (Å²) in [5, 5.41) is 31.7. The molecule has 5 rings (SSSR count). The standard InChI is InChI=1S/C23H25ClO5/c24-17-5-4-15(21-19(25)20(26)22(27)23(29-21)7-8-23)12-16(17)11-13-3-6-18-14(10-13)2-1-9-28-18/h3-6,10,12,19-22,25-27H,1-2,7-9,11H2/t19-,20-,21+,22+/m1/s1. The average molecular weight is 417 g/mol. The average Bonchev–Trinajstić information content (AvgIpc) is 3.52. The van der Waals surface area contributed by atoms with Crippen LogP contribution >= 0.6 is 11.6 Å². The molecule has 1 saturated carbocycles. The largest absolute Gasteiger partial charge is 0.493 e. The summed E-state index contributed by atoms with van der Waals surface area (Å²) in [5.41, 5.74) is 3.33. The van der Waals surface area contributed by atoms with Crippen molar-refractivity contribution in [1.29, 1.82) is 0 Å². The fourth-order valence-electron chi connectivity index (χ4n) is 4.52. The predicted octanol–water partition coefficient (Wildman–Crippen LogP) is 2.94. The lowest BCUT2D eigenvalue weighted by molar-refractivity contribution is -0.236. The summed E-state index contributed by atoms with van der Waals surface area (Å²) in [7, 11) is 0. The number of aryl methyl sites for hydroxylation is 1. The molecule has 5 nitrogen and oxygen atoms in total. The van der Waals surface area contributed by atoms with E-state index in [4.69, 9.17) is 21.1 Å². The number of benzene rings is 2. The van der Waals surface area contributed by atoms with E-state index in [1.165, 1.54) is 5.56 Å². The van der Waals surface area contributed by atoms with Gasteiger partial charge in [0, 0.05) is 5.02 Å². The predicted molar refractivity (Wildman–Crippen MR) is 108 cm³/mol. The van der Waals surface area contributed by atoms with Crippen LogP contribution in [0.15, 0.2) is 36.4 Å². The minimum atomic E-state index is -1.23. The molecule has 29 heavy (non-hydrogen) atoms. The van der Waals surface area contributed by atoms with Crippen molar-refractivity contribution in [3.63, 3.8) is 0 Å². The molecule has 3 N–H and O–H groups in total. The first-order valence-corrected chi connectivity index (χ1v) is 10.6. The van der Waals surface area contributed by atoms with E-state index in [2.05, 4.69) is 12.1 Å². The third-order valence-electron chi connectivity index (χ3n) is 6.39. The van der Waals surface area contributed by atoms with Crippen LogP contribution in [0.4, 0.5) is 0 Å². The third kappa shape index (κ3) is 3.45. The van der Waals surface area contributed by atoms with Crippen LogP contribution in [-0.2, 0) is 17.6 Å². The topological polar surface area (TPSA) is 79.2 Å². The smallest absolute Gasteiger partial charge is 0.122 e. The highest BCUT2D eigenvalue weighted by Crippen LogP contribution is 2.51. The summed E-state index contributed by atoms with van der Waals surface area (Å²) < 4.78 is 11.8. The molecule has 0 unspecified atom stereocenters. The van der Waals surface area contributed by atoms with Crippen molar-refractivity contribution in [3.8, 4) is 5.75 Å². The molecule has 0 amide bonds.